The maximum atomic E-state index is 13.0. The van der Waals surface area contributed by atoms with Gasteiger partial charge in [-0.25, -0.2) is 9.48 Å². The van der Waals surface area contributed by atoms with Gasteiger partial charge in [0.1, 0.15) is 34.6 Å². The summed E-state index contributed by atoms with van der Waals surface area (Å²) >= 11 is 0. The van der Waals surface area contributed by atoms with E-state index in [2.05, 4.69) is 15.7 Å². The predicted octanol–water partition coefficient (Wildman–Crippen LogP) is 3.14. The molecule has 2 aromatic carbocycles. The molecule has 0 saturated carbocycles. The molecule has 0 unspecified atom stereocenters. The zero-order valence-corrected chi connectivity index (χ0v) is 16.8. The molecule has 1 atom stereocenters. The number of methoxy groups -OCH3 is 2. The normalized spacial score (nSPS) is 14.6. The van der Waals surface area contributed by atoms with Crippen LogP contribution in [0.5, 0.6) is 11.5 Å². The molecule has 9 heteroatoms. The van der Waals surface area contributed by atoms with Gasteiger partial charge < -0.3 is 25.2 Å². The van der Waals surface area contributed by atoms with Crippen molar-refractivity contribution in [3.8, 4) is 11.5 Å². The molecule has 3 N–H and O–H groups in total. The number of amides is 1. The van der Waals surface area contributed by atoms with E-state index in [0.29, 0.717) is 22.7 Å². The van der Waals surface area contributed by atoms with Crippen LogP contribution in [0.4, 0.5) is 11.5 Å². The van der Waals surface area contributed by atoms with Crippen molar-refractivity contribution in [1.29, 1.82) is 0 Å². The maximum absolute atomic E-state index is 13.0. The third-order valence-corrected chi connectivity index (χ3v) is 4.92. The highest BCUT2D eigenvalue weighted by molar-refractivity contribution is 6.09. The number of nitrogens with zero attached hydrogens (tertiary/aromatic N) is 2. The quantitative estimate of drug-likeness (QED) is 0.561. The molecule has 1 aliphatic rings. The summed E-state index contributed by atoms with van der Waals surface area (Å²) in [5, 5.41) is 19.6. The Hall–Kier alpha value is -4.27. The Morgan fingerprint density at radius 2 is 1.74 bits per heavy atom. The molecule has 158 valence electrons. The van der Waals surface area contributed by atoms with E-state index in [4.69, 9.17) is 9.47 Å². The van der Waals surface area contributed by atoms with E-state index in [1.165, 1.54) is 26.5 Å². The van der Waals surface area contributed by atoms with Gasteiger partial charge in [0.25, 0.3) is 5.91 Å². The Kier molecular flexibility index (Phi) is 5.31. The molecule has 3 aromatic rings. The number of rotatable bonds is 6. The molecule has 4 rings (SSSR count). The molecule has 0 saturated heterocycles. The van der Waals surface area contributed by atoms with Crippen molar-refractivity contribution in [2.24, 2.45) is 0 Å². The van der Waals surface area contributed by atoms with Gasteiger partial charge in [-0.3, -0.25) is 4.79 Å². The van der Waals surface area contributed by atoms with Gasteiger partial charge in [0, 0.05) is 5.56 Å². The Balaban J connectivity index is 1.75. The van der Waals surface area contributed by atoms with Crippen LogP contribution in [-0.2, 0) is 4.79 Å². The van der Waals surface area contributed by atoms with Crippen LogP contribution in [0, 0.1) is 0 Å². The molecule has 0 aliphatic carbocycles. The summed E-state index contributed by atoms with van der Waals surface area (Å²) in [7, 11) is 3.05. The number of aliphatic carboxylic acids is 1. The van der Waals surface area contributed by atoms with Crippen LogP contribution >= 0.6 is 0 Å². The van der Waals surface area contributed by atoms with Gasteiger partial charge in [0.2, 0.25) is 0 Å². The number of hydrogen-bond donors (Lipinski definition) is 3. The molecule has 0 spiro atoms. The number of ether oxygens (including phenoxy) is 2. The minimum Gasteiger partial charge on any atom is -0.496 e. The highest BCUT2D eigenvalue weighted by Crippen LogP contribution is 2.36. The number of fused-ring (bicyclic) bond motifs is 1. The average molecular weight is 420 g/mol. The minimum atomic E-state index is -1.15. The Labute approximate surface area is 177 Å². The van der Waals surface area contributed by atoms with Crippen LogP contribution in [0.2, 0.25) is 0 Å². The van der Waals surface area contributed by atoms with E-state index in [1.54, 1.807) is 35.0 Å². The minimum absolute atomic E-state index is 0.0600. The summed E-state index contributed by atoms with van der Waals surface area (Å²) in [6.45, 7) is 0. The topological polar surface area (TPSA) is 115 Å². The SMILES string of the molecule is COc1ccccc1NC(=O)c1cnn2c1NC(C(=O)O)=C[C@H]2c1ccccc1OC. The standard InChI is InChI=1S/C22H20N4O5/c1-30-18-9-5-3-7-13(18)17-11-16(22(28)29)24-20-14(12-23-26(17)20)21(27)25-15-8-4-6-10-19(15)31-2/h3-12,17,24H,1-2H3,(H,25,27)(H,28,29)/t17-/m0/s1. The number of benzene rings is 2. The van der Waals surface area contributed by atoms with Crippen LogP contribution in [0.25, 0.3) is 0 Å². The number of nitrogens with one attached hydrogen (secondary N) is 2. The van der Waals surface area contributed by atoms with Crippen LogP contribution in [0.3, 0.4) is 0 Å². The molecule has 2 heterocycles. The second kappa shape index (κ2) is 8.23. The lowest BCUT2D eigenvalue weighted by molar-refractivity contribution is -0.132. The zero-order chi connectivity index (χ0) is 22.0. The van der Waals surface area contributed by atoms with Crippen molar-refractivity contribution >= 4 is 23.4 Å². The monoisotopic (exact) mass is 420 g/mol. The van der Waals surface area contributed by atoms with E-state index < -0.39 is 17.9 Å². The second-order valence-electron chi connectivity index (χ2n) is 6.70. The van der Waals surface area contributed by atoms with Crippen LogP contribution in [0.1, 0.15) is 22.0 Å². The maximum Gasteiger partial charge on any atom is 0.352 e. The molecule has 1 aromatic heterocycles. The lowest BCUT2D eigenvalue weighted by Gasteiger charge is -2.25. The number of para-hydroxylation sites is 3. The largest absolute Gasteiger partial charge is 0.496 e. The first-order valence-electron chi connectivity index (χ1n) is 9.40. The first kappa shape index (κ1) is 20.0. The number of hydrogen-bond acceptors (Lipinski definition) is 6. The van der Waals surface area contributed by atoms with Gasteiger partial charge in [0.05, 0.1) is 26.1 Å². The number of anilines is 2. The fraction of sp³-hybridized carbons (Fsp3) is 0.136. The molecular formula is C22H20N4O5. The van der Waals surface area contributed by atoms with Crippen molar-refractivity contribution in [3.63, 3.8) is 0 Å². The van der Waals surface area contributed by atoms with Crippen molar-refractivity contribution in [2.75, 3.05) is 24.9 Å². The van der Waals surface area contributed by atoms with E-state index in [9.17, 15) is 14.7 Å². The van der Waals surface area contributed by atoms with Crippen molar-refractivity contribution in [2.45, 2.75) is 6.04 Å². The second-order valence-corrected chi connectivity index (χ2v) is 6.70. The van der Waals surface area contributed by atoms with Gasteiger partial charge in [0.15, 0.2) is 0 Å². The first-order valence-corrected chi connectivity index (χ1v) is 9.40. The number of allylic oxidation sites excluding steroid dienone is 1. The summed E-state index contributed by atoms with van der Waals surface area (Å²) in [6, 6.07) is 13.7. The van der Waals surface area contributed by atoms with Crippen molar-refractivity contribution < 1.29 is 24.2 Å². The third kappa shape index (κ3) is 3.68. The van der Waals surface area contributed by atoms with Gasteiger partial charge in [-0.2, -0.15) is 5.10 Å². The zero-order valence-electron chi connectivity index (χ0n) is 16.8. The van der Waals surface area contributed by atoms with E-state index in [-0.39, 0.29) is 17.1 Å². The lowest BCUT2D eigenvalue weighted by atomic mass is 10.0. The molecular weight excluding hydrogens is 400 g/mol. The summed E-state index contributed by atoms with van der Waals surface area (Å²) in [5.41, 5.74) is 1.33. The number of aromatic nitrogens is 2. The van der Waals surface area contributed by atoms with Gasteiger partial charge in [-0.05, 0) is 24.3 Å². The number of carbonyl (C=O) groups excluding carboxylic acids is 1. The van der Waals surface area contributed by atoms with Crippen LogP contribution in [0.15, 0.2) is 66.5 Å². The number of carboxylic acid groups (broad SMARTS) is 1. The van der Waals surface area contributed by atoms with E-state index in [0.717, 1.165) is 0 Å². The lowest BCUT2D eigenvalue weighted by Crippen LogP contribution is -2.26. The number of carbonyl (C=O) groups is 2. The van der Waals surface area contributed by atoms with Crippen LogP contribution < -0.4 is 20.1 Å². The summed E-state index contributed by atoms with van der Waals surface area (Å²) in [6.07, 6.45) is 2.93. The molecule has 0 radical (unpaired) electrons. The highest BCUT2D eigenvalue weighted by atomic mass is 16.5. The Morgan fingerprint density at radius 3 is 2.45 bits per heavy atom. The Bertz CT molecular complexity index is 1180. The van der Waals surface area contributed by atoms with E-state index >= 15 is 0 Å². The fourth-order valence-electron chi connectivity index (χ4n) is 3.46. The first-order chi connectivity index (χ1) is 15.0. The van der Waals surface area contributed by atoms with Gasteiger partial charge in [-0.15, -0.1) is 0 Å². The van der Waals surface area contributed by atoms with Gasteiger partial charge in [-0.1, -0.05) is 30.3 Å². The molecule has 0 fully saturated rings. The molecule has 1 amide bonds. The molecule has 1 aliphatic heterocycles. The smallest absolute Gasteiger partial charge is 0.352 e. The molecule has 9 nitrogen and oxygen atoms in total. The van der Waals surface area contributed by atoms with Crippen molar-refractivity contribution in [3.05, 3.63) is 77.6 Å². The fourth-order valence-corrected chi connectivity index (χ4v) is 3.46. The average Bonchev–Trinajstić information content (AvgIpc) is 3.23. The highest BCUT2D eigenvalue weighted by Gasteiger charge is 2.31. The van der Waals surface area contributed by atoms with Crippen molar-refractivity contribution in [1.82, 2.24) is 9.78 Å². The predicted molar refractivity (Wildman–Crippen MR) is 114 cm³/mol. The molecule has 31 heavy (non-hydrogen) atoms. The third-order valence-electron chi connectivity index (χ3n) is 4.92. The van der Waals surface area contributed by atoms with E-state index in [1.807, 2.05) is 18.2 Å². The van der Waals surface area contributed by atoms with Crippen LogP contribution in [-0.4, -0.2) is 41.0 Å². The summed E-state index contributed by atoms with van der Waals surface area (Å²) in [5.74, 6) is -0.255. The van der Waals surface area contributed by atoms with Gasteiger partial charge >= 0.3 is 5.97 Å². The number of carboxylic acids is 1. The summed E-state index contributed by atoms with van der Waals surface area (Å²) < 4.78 is 12.3. The summed E-state index contributed by atoms with van der Waals surface area (Å²) in [4.78, 5) is 24.8. The molecule has 0 bridgehead atoms. The Morgan fingerprint density at radius 1 is 1.06 bits per heavy atom.